The highest BCUT2D eigenvalue weighted by Gasteiger charge is 2.09. The molecule has 1 aromatic carbocycles. The van der Waals surface area contributed by atoms with E-state index >= 15 is 0 Å². The van der Waals surface area contributed by atoms with Gasteiger partial charge in [0.25, 0.3) is 0 Å². The van der Waals surface area contributed by atoms with E-state index in [1.54, 1.807) is 14.2 Å². The van der Waals surface area contributed by atoms with E-state index in [-0.39, 0.29) is 6.04 Å². The molecule has 2 N–H and O–H groups in total. The Morgan fingerprint density at radius 2 is 1.88 bits per heavy atom. The molecule has 0 bridgehead atoms. The molecule has 0 heterocycles. The van der Waals surface area contributed by atoms with Crippen molar-refractivity contribution in [2.24, 2.45) is 5.73 Å². The van der Waals surface area contributed by atoms with Crippen molar-refractivity contribution in [1.82, 2.24) is 0 Å². The summed E-state index contributed by atoms with van der Waals surface area (Å²) in [5, 5.41) is 0.615. The quantitative estimate of drug-likeness (QED) is 0.852. The highest BCUT2D eigenvalue weighted by molar-refractivity contribution is 6.32. The van der Waals surface area contributed by atoms with Gasteiger partial charge < -0.3 is 15.2 Å². The van der Waals surface area contributed by atoms with E-state index in [4.69, 9.17) is 26.8 Å². The molecule has 0 radical (unpaired) electrons. The Morgan fingerprint density at radius 3 is 2.41 bits per heavy atom. The number of benzene rings is 1. The summed E-state index contributed by atoms with van der Waals surface area (Å²) < 4.78 is 10.5. The maximum atomic E-state index is 6.09. The van der Waals surface area contributed by atoms with Crippen molar-refractivity contribution in [3.05, 3.63) is 22.7 Å². The summed E-state index contributed by atoms with van der Waals surface area (Å²) in [4.78, 5) is 0. The molecule has 0 saturated carbocycles. The highest BCUT2D eigenvalue weighted by atomic mass is 35.5. The molecule has 1 aromatic rings. The van der Waals surface area contributed by atoms with Crippen molar-refractivity contribution in [3.63, 3.8) is 0 Å². The predicted molar refractivity (Wildman–Crippen MR) is 71.1 cm³/mol. The number of nitrogens with two attached hydrogens (primary N) is 1. The van der Waals surface area contributed by atoms with Gasteiger partial charge in [0, 0.05) is 12.1 Å². The Hall–Kier alpha value is -0.930. The maximum Gasteiger partial charge on any atom is 0.141 e. The van der Waals surface area contributed by atoms with E-state index in [9.17, 15) is 0 Å². The molecule has 0 saturated heterocycles. The Morgan fingerprint density at radius 1 is 1.24 bits per heavy atom. The van der Waals surface area contributed by atoms with Crippen LogP contribution in [-0.4, -0.2) is 20.3 Å². The second-order valence-corrected chi connectivity index (χ2v) is 4.58. The Labute approximate surface area is 108 Å². The molecule has 4 heteroatoms. The first-order valence-electron chi connectivity index (χ1n) is 5.74. The van der Waals surface area contributed by atoms with Crippen LogP contribution < -0.4 is 15.2 Å². The predicted octanol–water partition coefficient (Wildman–Crippen LogP) is 3.03. The summed E-state index contributed by atoms with van der Waals surface area (Å²) in [7, 11) is 3.24. The fourth-order valence-corrected chi connectivity index (χ4v) is 2.00. The molecule has 0 aromatic heterocycles. The molecule has 0 spiro atoms. The monoisotopic (exact) mass is 257 g/mol. The van der Waals surface area contributed by atoms with E-state index in [1.807, 2.05) is 19.1 Å². The third kappa shape index (κ3) is 4.10. The van der Waals surface area contributed by atoms with Crippen LogP contribution in [0, 0.1) is 0 Å². The van der Waals surface area contributed by atoms with Crippen LogP contribution in [0.25, 0.3) is 0 Å². The highest BCUT2D eigenvalue weighted by Crippen LogP contribution is 2.33. The van der Waals surface area contributed by atoms with Crippen LogP contribution in [0.5, 0.6) is 11.5 Å². The number of hydrogen-bond donors (Lipinski definition) is 1. The lowest BCUT2D eigenvalue weighted by Gasteiger charge is -2.12. The molecular weight excluding hydrogens is 238 g/mol. The van der Waals surface area contributed by atoms with Crippen molar-refractivity contribution >= 4 is 11.6 Å². The minimum Gasteiger partial charge on any atom is -0.496 e. The normalized spacial score (nSPS) is 12.3. The molecule has 96 valence electrons. The Kier molecular flexibility index (Phi) is 5.59. The van der Waals surface area contributed by atoms with E-state index < -0.39 is 0 Å². The van der Waals surface area contributed by atoms with Crippen molar-refractivity contribution in [1.29, 1.82) is 0 Å². The third-order valence-corrected chi connectivity index (χ3v) is 2.96. The fourth-order valence-electron chi connectivity index (χ4n) is 1.73. The SMILES string of the molecule is COc1cc(OC)c(CCCC(C)N)cc1Cl. The second-order valence-electron chi connectivity index (χ2n) is 4.17. The molecule has 0 fully saturated rings. The third-order valence-electron chi connectivity index (χ3n) is 2.66. The molecule has 0 aliphatic carbocycles. The summed E-state index contributed by atoms with van der Waals surface area (Å²) >= 11 is 6.09. The number of methoxy groups -OCH3 is 2. The lowest BCUT2D eigenvalue weighted by Crippen LogP contribution is -2.14. The van der Waals surface area contributed by atoms with Gasteiger partial charge in [0.2, 0.25) is 0 Å². The van der Waals surface area contributed by atoms with E-state index in [0.29, 0.717) is 10.8 Å². The first kappa shape index (κ1) is 14.1. The van der Waals surface area contributed by atoms with Crippen molar-refractivity contribution in [2.75, 3.05) is 14.2 Å². The Bertz CT molecular complexity index is 367. The molecule has 0 amide bonds. The molecular formula is C13H20ClNO2. The zero-order valence-electron chi connectivity index (χ0n) is 10.6. The zero-order valence-corrected chi connectivity index (χ0v) is 11.4. The van der Waals surface area contributed by atoms with Crippen molar-refractivity contribution < 1.29 is 9.47 Å². The van der Waals surface area contributed by atoms with Gasteiger partial charge >= 0.3 is 0 Å². The van der Waals surface area contributed by atoms with E-state index in [1.165, 1.54) is 0 Å². The minimum atomic E-state index is 0.231. The van der Waals surface area contributed by atoms with Crippen LogP contribution in [0.4, 0.5) is 0 Å². The summed E-state index contributed by atoms with van der Waals surface area (Å²) in [5.41, 5.74) is 6.82. The standard InChI is InChI=1S/C13H20ClNO2/c1-9(15)5-4-6-10-7-11(14)13(17-3)8-12(10)16-2/h7-9H,4-6,15H2,1-3H3. The summed E-state index contributed by atoms with van der Waals surface area (Å²) in [5.74, 6) is 1.45. The van der Waals surface area contributed by atoms with Gasteiger partial charge in [-0.15, -0.1) is 0 Å². The zero-order chi connectivity index (χ0) is 12.8. The molecule has 17 heavy (non-hydrogen) atoms. The molecule has 0 aliphatic heterocycles. The van der Waals surface area contributed by atoms with Crippen LogP contribution in [0.2, 0.25) is 5.02 Å². The average Bonchev–Trinajstić information content (AvgIpc) is 2.29. The fraction of sp³-hybridized carbons (Fsp3) is 0.538. The van der Waals surface area contributed by atoms with Gasteiger partial charge in [-0.25, -0.2) is 0 Å². The van der Waals surface area contributed by atoms with Gasteiger partial charge in [0.15, 0.2) is 0 Å². The van der Waals surface area contributed by atoms with Gasteiger partial charge in [-0.05, 0) is 37.8 Å². The number of halogens is 1. The Balaban J connectivity index is 2.79. The van der Waals surface area contributed by atoms with Crippen molar-refractivity contribution in [2.45, 2.75) is 32.2 Å². The minimum absolute atomic E-state index is 0.231. The number of aryl methyl sites for hydroxylation is 1. The van der Waals surface area contributed by atoms with Crippen LogP contribution in [-0.2, 0) is 6.42 Å². The number of ether oxygens (including phenoxy) is 2. The molecule has 1 atom stereocenters. The van der Waals surface area contributed by atoms with E-state index in [2.05, 4.69) is 0 Å². The number of rotatable bonds is 6. The molecule has 3 nitrogen and oxygen atoms in total. The molecule has 1 rings (SSSR count). The lowest BCUT2D eigenvalue weighted by molar-refractivity contribution is 0.390. The van der Waals surface area contributed by atoms with Crippen LogP contribution in [0.1, 0.15) is 25.3 Å². The van der Waals surface area contributed by atoms with Crippen molar-refractivity contribution in [3.8, 4) is 11.5 Å². The van der Waals surface area contributed by atoms with E-state index in [0.717, 1.165) is 30.6 Å². The van der Waals surface area contributed by atoms with Gasteiger partial charge in [-0.2, -0.15) is 0 Å². The van der Waals surface area contributed by atoms with Crippen LogP contribution in [0.3, 0.4) is 0 Å². The first-order chi connectivity index (χ1) is 8.08. The van der Waals surface area contributed by atoms with Gasteiger partial charge in [0.1, 0.15) is 11.5 Å². The smallest absolute Gasteiger partial charge is 0.141 e. The summed E-state index contributed by atoms with van der Waals surface area (Å²) in [6, 6.07) is 3.96. The first-order valence-corrected chi connectivity index (χ1v) is 6.12. The van der Waals surface area contributed by atoms with Crippen LogP contribution in [0.15, 0.2) is 12.1 Å². The van der Waals surface area contributed by atoms with Gasteiger partial charge in [-0.3, -0.25) is 0 Å². The van der Waals surface area contributed by atoms with Gasteiger partial charge in [-0.1, -0.05) is 11.6 Å². The lowest BCUT2D eigenvalue weighted by atomic mass is 10.0. The maximum absolute atomic E-state index is 6.09. The summed E-state index contributed by atoms with van der Waals surface area (Å²) in [6.07, 6.45) is 2.93. The van der Waals surface area contributed by atoms with Crippen LogP contribution >= 0.6 is 11.6 Å². The largest absolute Gasteiger partial charge is 0.496 e. The summed E-state index contributed by atoms with van der Waals surface area (Å²) in [6.45, 7) is 2.01. The topological polar surface area (TPSA) is 44.5 Å². The molecule has 1 unspecified atom stereocenters. The number of hydrogen-bond acceptors (Lipinski definition) is 3. The average molecular weight is 258 g/mol. The second kappa shape index (κ2) is 6.72. The van der Waals surface area contributed by atoms with Gasteiger partial charge in [0.05, 0.1) is 19.2 Å². The molecule has 0 aliphatic rings.